The van der Waals surface area contributed by atoms with Crippen LogP contribution in [0, 0.1) is 5.41 Å². The predicted octanol–water partition coefficient (Wildman–Crippen LogP) is 3.93. The number of ether oxygens (including phenoxy) is 1. The second kappa shape index (κ2) is 7.14. The van der Waals surface area contributed by atoms with Gasteiger partial charge in [0, 0.05) is 24.8 Å². The fourth-order valence-corrected chi connectivity index (χ4v) is 4.12. The van der Waals surface area contributed by atoms with Gasteiger partial charge in [-0.25, -0.2) is 0 Å². The van der Waals surface area contributed by atoms with Crippen molar-refractivity contribution in [2.24, 2.45) is 10.4 Å². The normalized spacial score (nSPS) is 28.4. The molecule has 3 heteroatoms. The molecule has 1 aromatic rings. The molecule has 0 spiro atoms. The SMILES string of the molecule is CC1(C)C[C@@](C=NCc2ccccc2)(CN2CCCC2)CCO1. The molecule has 2 aliphatic heterocycles. The summed E-state index contributed by atoms with van der Waals surface area (Å²) in [5, 5.41) is 0. The van der Waals surface area contributed by atoms with Gasteiger partial charge < -0.3 is 9.64 Å². The Bertz CT molecular complexity index is 520. The van der Waals surface area contributed by atoms with E-state index in [9.17, 15) is 0 Å². The zero-order valence-electron chi connectivity index (χ0n) is 14.6. The van der Waals surface area contributed by atoms with Crippen LogP contribution in [0.4, 0.5) is 0 Å². The number of likely N-dealkylation sites (tertiary alicyclic amines) is 1. The van der Waals surface area contributed by atoms with Crippen LogP contribution >= 0.6 is 0 Å². The largest absolute Gasteiger partial charge is 0.376 e. The Kier molecular flexibility index (Phi) is 5.17. The van der Waals surface area contributed by atoms with Crippen LogP contribution in [0.3, 0.4) is 0 Å². The van der Waals surface area contributed by atoms with Gasteiger partial charge in [0.15, 0.2) is 0 Å². The molecule has 0 saturated carbocycles. The van der Waals surface area contributed by atoms with Crippen LogP contribution in [0.25, 0.3) is 0 Å². The summed E-state index contributed by atoms with van der Waals surface area (Å²) < 4.78 is 5.97. The van der Waals surface area contributed by atoms with Crippen molar-refractivity contribution in [2.75, 3.05) is 26.2 Å². The van der Waals surface area contributed by atoms with Crippen molar-refractivity contribution in [3.8, 4) is 0 Å². The minimum atomic E-state index is -0.0449. The zero-order chi connectivity index (χ0) is 16.2. The van der Waals surface area contributed by atoms with E-state index in [-0.39, 0.29) is 11.0 Å². The molecule has 2 fully saturated rings. The second-order valence-electron chi connectivity index (χ2n) is 7.84. The summed E-state index contributed by atoms with van der Waals surface area (Å²) >= 11 is 0. The van der Waals surface area contributed by atoms with Gasteiger partial charge in [-0.1, -0.05) is 30.3 Å². The molecule has 1 aromatic carbocycles. The highest BCUT2D eigenvalue weighted by Crippen LogP contribution is 2.39. The third-order valence-electron chi connectivity index (χ3n) is 5.09. The molecule has 0 aromatic heterocycles. The highest BCUT2D eigenvalue weighted by Gasteiger charge is 2.41. The molecule has 1 atom stereocenters. The lowest BCUT2D eigenvalue weighted by Crippen LogP contribution is -2.48. The van der Waals surface area contributed by atoms with E-state index in [2.05, 4.69) is 55.3 Å². The number of benzene rings is 1. The van der Waals surface area contributed by atoms with E-state index in [0.717, 1.165) is 32.5 Å². The number of hydrogen-bond acceptors (Lipinski definition) is 3. The summed E-state index contributed by atoms with van der Waals surface area (Å²) in [7, 11) is 0. The zero-order valence-corrected chi connectivity index (χ0v) is 14.6. The van der Waals surface area contributed by atoms with Crippen LogP contribution < -0.4 is 0 Å². The molecule has 0 N–H and O–H groups in total. The third-order valence-corrected chi connectivity index (χ3v) is 5.09. The van der Waals surface area contributed by atoms with E-state index in [1.807, 2.05) is 0 Å². The predicted molar refractivity (Wildman–Crippen MR) is 96.0 cm³/mol. The van der Waals surface area contributed by atoms with Crippen LogP contribution in [-0.4, -0.2) is 43.0 Å². The van der Waals surface area contributed by atoms with Gasteiger partial charge in [0.05, 0.1) is 12.1 Å². The first kappa shape index (κ1) is 16.7. The number of rotatable bonds is 5. The summed E-state index contributed by atoms with van der Waals surface area (Å²) in [6.45, 7) is 9.69. The lowest BCUT2D eigenvalue weighted by Gasteiger charge is -2.44. The topological polar surface area (TPSA) is 24.8 Å². The van der Waals surface area contributed by atoms with Gasteiger partial charge in [-0.15, -0.1) is 0 Å². The standard InChI is InChI=1S/C20H30N2O/c1-19(2)15-20(10-13-23-19,17-22-11-6-7-12-22)16-21-14-18-8-4-3-5-9-18/h3-5,8-9,16H,6-7,10-15,17H2,1-2H3/t20-/m0/s1. The van der Waals surface area contributed by atoms with E-state index < -0.39 is 0 Å². The number of nitrogens with zero attached hydrogens (tertiary/aromatic N) is 2. The first-order valence-corrected chi connectivity index (χ1v) is 8.98. The minimum absolute atomic E-state index is 0.0449. The Balaban J connectivity index is 1.71. The highest BCUT2D eigenvalue weighted by molar-refractivity contribution is 5.66. The van der Waals surface area contributed by atoms with Gasteiger partial charge in [0.25, 0.3) is 0 Å². The van der Waals surface area contributed by atoms with Gasteiger partial charge >= 0.3 is 0 Å². The smallest absolute Gasteiger partial charge is 0.0636 e. The van der Waals surface area contributed by atoms with E-state index in [0.29, 0.717) is 0 Å². The minimum Gasteiger partial charge on any atom is -0.376 e. The van der Waals surface area contributed by atoms with Crippen molar-refractivity contribution in [3.05, 3.63) is 35.9 Å². The molecule has 0 unspecified atom stereocenters. The van der Waals surface area contributed by atoms with Crippen molar-refractivity contribution in [1.29, 1.82) is 0 Å². The lowest BCUT2D eigenvalue weighted by atomic mass is 9.74. The van der Waals surface area contributed by atoms with Gasteiger partial charge in [-0.05, 0) is 58.2 Å². The van der Waals surface area contributed by atoms with Crippen LogP contribution in [0.2, 0.25) is 0 Å². The number of aliphatic imine (C=N–C) groups is 1. The molecule has 2 saturated heterocycles. The maximum atomic E-state index is 5.97. The molecule has 2 aliphatic rings. The molecule has 0 aliphatic carbocycles. The molecule has 3 nitrogen and oxygen atoms in total. The Morgan fingerprint density at radius 3 is 2.61 bits per heavy atom. The van der Waals surface area contributed by atoms with E-state index in [4.69, 9.17) is 9.73 Å². The average Bonchev–Trinajstić information content (AvgIpc) is 3.00. The van der Waals surface area contributed by atoms with E-state index in [1.54, 1.807) is 0 Å². The fourth-order valence-electron chi connectivity index (χ4n) is 4.12. The third kappa shape index (κ3) is 4.65. The summed E-state index contributed by atoms with van der Waals surface area (Å²) in [6.07, 6.45) is 7.11. The Hall–Kier alpha value is -1.19. The Morgan fingerprint density at radius 2 is 1.91 bits per heavy atom. The highest BCUT2D eigenvalue weighted by atomic mass is 16.5. The monoisotopic (exact) mass is 314 g/mol. The molecule has 126 valence electrons. The molecule has 3 rings (SSSR count). The molecule has 0 bridgehead atoms. The molecule has 2 heterocycles. The molecule has 23 heavy (non-hydrogen) atoms. The van der Waals surface area contributed by atoms with Gasteiger partial charge in [0.1, 0.15) is 0 Å². The average molecular weight is 314 g/mol. The molecular formula is C20H30N2O. The quantitative estimate of drug-likeness (QED) is 0.769. The fraction of sp³-hybridized carbons (Fsp3) is 0.650. The van der Waals surface area contributed by atoms with E-state index >= 15 is 0 Å². The van der Waals surface area contributed by atoms with Gasteiger partial charge in [-0.2, -0.15) is 0 Å². The van der Waals surface area contributed by atoms with Crippen molar-refractivity contribution in [2.45, 2.75) is 51.7 Å². The summed E-state index contributed by atoms with van der Waals surface area (Å²) in [5.74, 6) is 0. The van der Waals surface area contributed by atoms with Crippen LogP contribution in [-0.2, 0) is 11.3 Å². The van der Waals surface area contributed by atoms with E-state index in [1.165, 1.54) is 31.5 Å². The Labute approximate surface area is 140 Å². The first-order chi connectivity index (χ1) is 11.1. The molecular weight excluding hydrogens is 284 g/mol. The summed E-state index contributed by atoms with van der Waals surface area (Å²) in [5.41, 5.74) is 1.41. The Morgan fingerprint density at radius 1 is 1.17 bits per heavy atom. The van der Waals surface area contributed by atoms with Crippen molar-refractivity contribution in [1.82, 2.24) is 4.90 Å². The van der Waals surface area contributed by atoms with Crippen LogP contribution in [0.5, 0.6) is 0 Å². The van der Waals surface area contributed by atoms with Crippen LogP contribution in [0.1, 0.15) is 45.1 Å². The number of hydrogen-bond donors (Lipinski definition) is 0. The summed E-state index contributed by atoms with van der Waals surface area (Å²) in [4.78, 5) is 7.46. The maximum absolute atomic E-state index is 5.97. The van der Waals surface area contributed by atoms with Crippen molar-refractivity contribution >= 4 is 6.21 Å². The van der Waals surface area contributed by atoms with Gasteiger partial charge in [-0.3, -0.25) is 4.99 Å². The molecule has 0 radical (unpaired) electrons. The lowest BCUT2D eigenvalue weighted by molar-refractivity contribution is -0.0897. The first-order valence-electron chi connectivity index (χ1n) is 8.98. The maximum Gasteiger partial charge on any atom is 0.0636 e. The second-order valence-corrected chi connectivity index (χ2v) is 7.84. The molecule has 0 amide bonds. The van der Waals surface area contributed by atoms with Crippen molar-refractivity contribution < 1.29 is 4.74 Å². The van der Waals surface area contributed by atoms with Gasteiger partial charge in [0.2, 0.25) is 0 Å². The van der Waals surface area contributed by atoms with Crippen molar-refractivity contribution in [3.63, 3.8) is 0 Å². The van der Waals surface area contributed by atoms with Crippen LogP contribution in [0.15, 0.2) is 35.3 Å². The summed E-state index contributed by atoms with van der Waals surface area (Å²) in [6, 6.07) is 10.5.